The summed E-state index contributed by atoms with van der Waals surface area (Å²) in [6.45, 7) is 7.52. The molecule has 1 fully saturated rings. The Morgan fingerprint density at radius 1 is 1.03 bits per heavy atom. The predicted molar refractivity (Wildman–Crippen MR) is 121 cm³/mol. The summed E-state index contributed by atoms with van der Waals surface area (Å²) < 4.78 is 17.0. The number of ether oxygens (including phenoxy) is 3. The first-order valence-electron chi connectivity index (χ1n) is 10.5. The molecule has 7 nitrogen and oxygen atoms in total. The Hall–Kier alpha value is -2.93. The number of hydrogen-bond donors (Lipinski definition) is 1. The summed E-state index contributed by atoms with van der Waals surface area (Å²) in [5.41, 5.74) is 1.54. The second-order valence-electron chi connectivity index (χ2n) is 6.87. The molecule has 0 aliphatic carbocycles. The average Bonchev–Trinajstić information content (AvgIpc) is 3.16. The van der Waals surface area contributed by atoms with Crippen molar-refractivity contribution in [3.8, 4) is 17.2 Å². The van der Waals surface area contributed by atoms with E-state index in [4.69, 9.17) is 25.8 Å². The molecule has 2 aromatic rings. The van der Waals surface area contributed by atoms with Crippen molar-refractivity contribution >= 4 is 34.8 Å². The van der Waals surface area contributed by atoms with E-state index in [9.17, 15) is 9.59 Å². The van der Waals surface area contributed by atoms with Crippen LogP contribution in [0.3, 0.4) is 0 Å². The number of nitrogens with one attached hydrogen (secondary N) is 1. The highest BCUT2D eigenvalue weighted by atomic mass is 35.5. The van der Waals surface area contributed by atoms with Gasteiger partial charge in [0.25, 0.3) is 5.91 Å². The van der Waals surface area contributed by atoms with Crippen LogP contribution in [0.25, 0.3) is 0 Å². The van der Waals surface area contributed by atoms with Gasteiger partial charge in [-0.2, -0.15) is 0 Å². The smallest absolute Gasteiger partial charge is 0.255 e. The Labute approximate surface area is 187 Å². The number of benzene rings is 2. The predicted octanol–water partition coefficient (Wildman–Crippen LogP) is 4.92. The second kappa shape index (κ2) is 10.4. The van der Waals surface area contributed by atoms with Gasteiger partial charge >= 0.3 is 0 Å². The molecule has 1 heterocycles. The Kier molecular flexibility index (Phi) is 7.63. The average molecular weight is 447 g/mol. The Balaban J connectivity index is 1.85. The van der Waals surface area contributed by atoms with Gasteiger partial charge < -0.3 is 24.4 Å². The summed E-state index contributed by atoms with van der Waals surface area (Å²) in [4.78, 5) is 26.6. The molecule has 0 radical (unpaired) electrons. The van der Waals surface area contributed by atoms with Crippen LogP contribution in [0.4, 0.5) is 11.4 Å². The first-order chi connectivity index (χ1) is 15.0. The van der Waals surface area contributed by atoms with Crippen LogP contribution in [-0.4, -0.2) is 38.2 Å². The molecule has 1 aliphatic rings. The number of carbonyl (C=O) groups excluding carboxylic acids is 2. The standard InChI is InChI=1S/C23H27ClN2O5/c1-4-29-19-12-15(13-20(30-5-2)22(19)31-6-3)23(28)25-16-9-10-18(17(24)14-16)26-11-7-8-21(26)27/h9-10,12-14H,4-8,11H2,1-3H3,(H,25,28). The molecular formula is C23H27ClN2O5. The van der Waals surface area contributed by atoms with Crippen molar-refractivity contribution in [3.63, 3.8) is 0 Å². The van der Waals surface area contributed by atoms with Gasteiger partial charge in [0, 0.05) is 24.2 Å². The number of hydrogen-bond acceptors (Lipinski definition) is 5. The fourth-order valence-corrected chi connectivity index (χ4v) is 3.71. The largest absolute Gasteiger partial charge is 0.490 e. The van der Waals surface area contributed by atoms with Crippen molar-refractivity contribution in [2.45, 2.75) is 33.6 Å². The van der Waals surface area contributed by atoms with Crippen LogP contribution in [0.1, 0.15) is 44.0 Å². The zero-order valence-corrected chi connectivity index (χ0v) is 18.8. The van der Waals surface area contributed by atoms with Gasteiger partial charge in [0.2, 0.25) is 11.7 Å². The summed E-state index contributed by atoms with van der Waals surface area (Å²) in [6.07, 6.45) is 1.34. The molecule has 1 N–H and O–H groups in total. The van der Waals surface area contributed by atoms with Crippen molar-refractivity contribution in [3.05, 3.63) is 40.9 Å². The molecule has 1 aliphatic heterocycles. The first-order valence-corrected chi connectivity index (χ1v) is 10.8. The maximum absolute atomic E-state index is 12.9. The summed E-state index contributed by atoms with van der Waals surface area (Å²) >= 11 is 6.39. The van der Waals surface area contributed by atoms with Gasteiger partial charge in [-0.3, -0.25) is 9.59 Å². The van der Waals surface area contributed by atoms with Gasteiger partial charge in [-0.15, -0.1) is 0 Å². The molecular weight excluding hydrogens is 420 g/mol. The van der Waals surface area contributed by atoms with E-state index in [-0.39, 0.29) is 11.8 Å². The van der Waals surface area contributed by atoms with Crippen LogP contribution >= 0.6 is 11.6 Å². The van der Waals surface area contributed by atoms with E-state index >= 15 is 0 Å². The van der Waals surface area contributed by atoms with Crippen LogP contribution < -0.4 is 24.4 Å². The third-order valence-electron chi connectivity index (χ3n) is 4.74. The van der Waals surface area contributed by atoms with E-state index in [1.54, 1.807) is 35.2 Å². The van der Waals surface area contributed by atoms with Gasteiger partial charge in [-0.1, -0.05) is 11.6 Å². The van der Waals surface area contributed by atoms with Crippen LogP contribution in [0.15, 0.2) is 30.3 Å². The molecule has 0 bridgehead atoms. The van der Waals surface area contributed by atoms with Crippen LogP contribution in [0, 0.1) is 0 Å². The molecule has 0 saturated carbocycles. The lowest BCUT2D eigenvalue weighted by atomic mass is 10.1. The topological polar surface area (TPSA) is 77.1 Å². The number of rotatable bonds is 9. The van der Waals surface area contributed by atoms with E-state index in [2.05, 4.69) is 5.32 Å². The van der Waals surface area contributed by atoms with Gasteiger partial charge in [-0.05, 0) is 57.5 Å². The molecule has 8 heteroatoms. The third-order valence-corrected chi connectivity index (χ3v) is 5.04. The minimum Gasteiger partial charge on any atom is -0.490 e. The number of nitrogens with zero attached hydrogens (tertiary/aromatic N) is 1. The third kappa shape index (κ3) is 5.22. The summed E-state index contributed by atoms with van der Waals surface area (Å²) in [7, 11) is 0. The highest BCUT2D eigenvalue weighted by Crippen LogP contribution is 2.39. The number of amides is 2. The number of anilines is 2. The van der Waals surface area contributed by atoms with Crippen molar-refractivity contribution < 1.29 is 23.8 Å². The summed E-state index contributed by atoms with van der Waals surface area (Å²) in [5.74, 6) is 1.08. The van der Waals surface area contributed by atoms with Crippen molar-refractivity contribution in [2.75, 3.05) is 36.6 Å². The van der Waals surface area contributed by atoms with E-state index in [1.165, 1.54) is 0 Å². The molecule has 1 saturated heterocycles. The highest BCUT2D eigenvalue weighted by Gasteiger charge is 2.24. The molecule has 31 heavy (non-hydrogen) atoms. The lowest BCUT2D eigenvalue weighted by Gasteiger charge is -2.18. The number of carbonyl (C=O) groups is 2. The van der Waals surface area contributed by atoms with Gasteiger partial charge in [0.1, 0.15) is 0 Å². The minimum absolute atomic E-state index is 0.0555. The van der Waals surface area contributed by atoms with Crippen LogP contribution in [-0.2, 0) is 4.79 Å². The molecule has 0 aromatic heterocycles. The van der Waals surface area contributed by atoms with E-state index in [0.717, 1.165) is 6.42 Å². The van der Waals surface area contributed by atoms with Gasteiger partial charge in [0.15, 0.2) is 11.5 Å². The second-order valence-corrected chi connectivity index (χ2v) is 7.28. The SMILES string of the molecule is CCOc1cc(C(=O)Nc2ccc(N3CCCC3=O)c(Cl)c2)cc(OCC)c1OCC. The maximum Gasteiger partial charge on any atom is 0.255 e. The molecule has 3 rings (SSSR count). The molecule has 0 spiro atoms. The van der Waals surface area contributed by atoms with Crippen LogP contribution in [0.2, 0.25) is 5.02 Å². The minimum atomic E-state index is -0.342. The van der Waals surface area contributed by atoms with Gasteiger partial charge in [0.05, 0.1) is 30.5 Å². The zero-order valence-electron chi connectivity index (χ0n) is 18.0. The number of halogens is 1. The van der Waals surface area contributed by atoms with Gasteiger partial charge in [-0.25, -0.2) is 0 Å². The summed E-state index contributed by atoms with van der Waals surface area (Å²) in [6, 6.07) is 8.38. The van der Waals surface area contributed by atoms with E-state index < -0.39 is 0 Å². The molecule has 0 atom stereocenters. The molecule has 0 unspecified atom stereocenters. The Morgan fingerprint density at radius 2 is 1.68 bits per heavy atom. The lowest BCUT2D eigenvalue weighted by Crippen LogP contribution is -2.24. The lowest BCUT2D eigenvalue weighted by molar-refractivity contribution is -0.117. The quantitative estimate of drug-likeness (QED) is 0.591. The fraction of sp³-hybridized carbons (Fsp3) is 0.391. The Morgan fingerprint density at radius 3 is 2.19 bits per heavy atom. The van der Waals surface area contributed by atoms with Crippen molar-refractivity contribution in [1.82, 2.24) is 0 Å². The Bertz CT molecular complexity index is 936. The fourth-order valence-electron chi connectivity index (χ4n) is 3.43. The highest BCUT2D eigenvalue weighted by molar-refractivity contribution is 6.34. The molecule has 166 valence electrons. The normalized spacial score (nSPS) is 13.3. The van der Waals surface area contributed by atoms with Crippen LogP contribution in [0.5, 0.6) is 17.2 Å². The summed E-state index contributed by atoms with van der Waals surface area (Å²) in [5, 5.41) is 3.25. The monoisotopic (exact) mass is 446 g/mol. The zero-order chi connectivity index (χ0) is 22.4. The first kappa shape index (κ1) is 22.7. The maximum atomic E-state index is 12.9. The van der Waals surface area contributed by atoms with E-state index in [0.29, 0.717) is 72.0 Å². The van der Waals surface area contributed by atoms with Crippen molar-refractivity contribution in [1.29, 1.82) is 0 Å². The molecule has 2 amide bonds. The molecule has 2 aromatic carbocycles. The van der Waals surface area contributed by atoms with E-state index in [1.807, 2.05) is 20.8 Å². The van der Waals surface area contributed by atoms with Crippen molar-refractivity contribution in [2.24, 2.45) is 0 Å².